The minimum absolute atomic E-state index is 0.884. The molecule has 0 unspecified atom stereocenters. The molecule has 0 saturated carbocycles. The minimum Gasteiger partial charge on any atom is -0.455 e. The van der Waals surface area contributed by atoms with Crippen molar-refractivity contribution in [3.05, 3.63) is 103 Å². The highest BCUT2D eigenvalue weighted by atomic mass is 16.3. The van der Waals surface area contributed by atoms with Gasteiger partial charge in [-0.25, -0.2) is 0 Å². The maximum Gasteiger partial charge on any atom is 0.145 e. The Labute approximate surface area is 192 Å². The summed E-state index contributed by atoms with van der Waals surface area (Å²) in [7, 11) is 0. The van der Waals surface area contributed by atoms with Gasteiger partial charge in [-0.1, -0.05) is 48.6 Å². The molecule has 0 aliphatic rings. The van der Waals surface area contributed by atoms with Gasteiger partial charge in [-0.2, -0.15) is 0 Å². The van der Waals surface area contributed by atoms with Gasteiger partial charge < -0.3 is 14.3 Å². The second-order valence-electron chi connectivity index (χ2n) is 8.21. The summed E-state index contributed by atoms with van der Waals surface area (Å²) in [4.78, 5) is 0. The highest BCUT2D eigenvalue weighted by Gasteiger charge is 2.18. The number of aromatic nitrogens is 1. The van der Waals surface area contributed by atoms with E-state index in [2.05, 4.69) is 109 Å². The number of nitrogens with one attached hydrogen (secondary N) is 1. The first-order chi connectivity index (χ1) is 16.3. The van der Waals surface area contributed by atoms with Crippen LogP contribution >= 0.6 is 0 Å². The number of rotatable bonds is 4. The average Bonchev–Trinajstić information content (AvgIpc) is 3.38. The van der Waals surface area contributed by atoms with Gasteiger partial charge in [0.25, 0.3) is 0 Å². The van der Waals surface area contributed by atoms with E-state index in [1.807, 2.05) is 18.2 Å². The molecule has 1 N–H and O–H groups in total. The smallest absolute Gasteiger partial charge is 0.145 e. The number of allylic oxidation sites excluding steroid dienone is 4. The lowest BCUT2D eigenvalue weighted by Crippen LogP contribution is -1.93. The summed E-state index contributed by atoms with van der Waals surface area (Å²) in [6.07, 6.45) is 6.38. The molecule has 0 amide bonds. The van der Waals surface area contributed by atoms with Crippen LogP contribution < -0.4 is 5.32 Å². The summed E-state index contributed by atoms with van der Waals surface area (Å²) in [5, 5.41) is 8.09. The van der Waals surface area contributed by atoms with Crippen LogP contribution in [-0.4, -0.2) is 4.57 Å². The molecule has 6 aromatic rings. The van der Waals surface area contributed by atoms with Crippen LogP contribution in [0.2, 0.25) is 0 Å². The Balaban J connectivity index is 1.63. The molecule has 0 aliphatic carbocycles. The average molecular weight is 429 g/mol. The number of para-hydroxylation sites is 2. The third-order valence-corrected chi connectivity index (χ3v) is 6.23. The molecule has 6 rings (SSSR count). The molecule has 0 fully saturated rings. The summed E-state index contributed by atoms with van der Waals surface area (Å²) in [5.41, 5.74) is 7.36. The molecule has 4 aromatic carbocycles. The van der Waals surface area contributed by atoms with Gasteiger partial charge in [0.15, 0.2) is 0 Å². The van der Waals surface area contributed by atoms with Gasteiger partial charge in [-0.3, -0.25) is 0 Å². The first-order valence-corrected chi connectivity index (χ1v) is 11.3. The van der Waals surface area contributed by atoms with Crippen LogP contribution in [-0.2, 0) is 0 Å². The Morgan fingerprint density at radius 3 is 2.36 bits per heavy atom. The van der Waals surface area contributed by atoms with E-state index in [0.29, 0.717) is 0 Å². The highest BCUT2D eigenvalue weighted by Crippen LogP contribution is 2.41. The van der Waals surface area contributed by atoms with E-state index in [4.69, 9.17) is 4.42 Å². The third-order valence-electron chi connectivity index (χ3n) is 6.23. The van der Waals surface area contributed by atoms with Crippen LogP contribution in [0.1, 0.15) is 13.8 Å². The van der Waals surface area contributed by atoms with Crippen LogP contribution in [0, 0.1) is 0 Å². The maximum atomic E-state index is 6.55. The van der Waals surface area contributed by atoms with Crippen molar-refractivity contribution in [3.63, 3.8) is 0 Å². The van der Waals surface area contributed by atoms with Gasteiger partial charge >= 0.3 is 0 Å². The quantitative estimate of drug-likeness (QED) is 0.284. The van der Waals surface area contributed by atoms with E-state index in [1.54, 1.807) is 0 Å². The lowest BCUT2D eigenvalue weighted by atomic mass is 10.1. The SMILES string of the molecule is C/C=C\C(=C/C)n1c2ccccc2c2c3oc4cc(Nc5ccccc5)ccc4c3ccc21. The molecule has 2 heterocycles. The van der Waals surface area contributed by atoms with Crippen molar-refractivity contribution < 1.29 is 4.42 Å². The molecule has 0 radical (unpaired) electrons. The van der Waals surface area contributed by atoms with Crippen LogP contribution in [0.3, 0.4) is 0 Å². The highest BCUT2D eigenvalue weighted by molar-refractivity contribution is 6.24. The number of fused-ring (bicyclic) bond motifs is 7. The number of nitrogens with zero attached hydrogens (tertiary/aromatic N) is 1. The molecule has 0 bridgehead atoms. The fourth-order valence-electron chi connectivity index (χ4n) is 4.80. The molecule has 2 aromatic heterocycles. The van der Waals surface area contributed by atoms with Crippen molar-refractivity contribution in [2.75, 3.05) is 5.32 Å². The Hall–Kier alpha value is -4.24. The lowest BCUT2D eigenvalue weighted by molar-refractivity contribution is 0.673. The van der Waals surface area contributed by atoms with Gasteiger partial charge in [0.05, 0.1) is 16.4 Å². The van der Waals surface area contributed by atoms with Gasteiger partial charge in [-0.15, -0.1) is 0 Å². The van der Waals surface area contributed by atoms with Crippen molar-refractivity contribution in [2.45, 2.75) is 13.8 Å². The molecule has 0 aliphatic heterocycles. The molecule has 0 saturated heterocycles. The zero-order valence-electron chi connectivity index (χ0n) is 18.7. The van der Waals surface area contributed by atoms with Crippen LogP contribution in [0.15, 0.2) is 108 Å². The topological polar surface area (TPSA) is 30.1 Å². The van der Waals surface area contributed by atoms with Crippen LogP contribution in [0.5, 0.6) is 0 Å². The summed E-state index contributed by atoms with van der Waals surface area (Å²) >= 11 is 0. The summed E-state index contributed by atoms with van der Waals surface area (Å²) in [6, 6.07) is 29.5. The number of hydrogen-bond donors (Lipinski definition) is 1. The van der Waals surface area contributed by atoms with Crippen molar-refractivity contribution in [2.24, 2.45) is 0 Å². The largest absolute Gasteiger partial charge is 0.455 e. The predicted octanol–water partition coefficient (Wildman–Crippen LogP) is 8.87. The fraction of sp³-hybridized carbons (Fsp3) is 0.0667. The number of furan rings is 1. The van der Waals surface area contributed by atoms with E-state index in [-0.39, 0.29) is 0 Å². The van der Waals surface area contributed by atoms with Crippen LogP contribution in [0.4, 0.5) is 11.4 Å². The first kappa shape index (κ1) is 19.4. The van der Waals surface area contributed by atoms with Gasteiger partial charge in [0, 0.05) is 39.3 Å². The predicted molar refractivity (Wildman–Crippen MR) is 141 cm³/mol. The molecule has 0 atom stereocenters. The van der Waals surface area contributed by atoms with Gasteiger partial charge in [0.2, 0.25) is 0 Å². The number of hydrogen-bond acceptors (Lipinski definition) is 2. The lowest BCUT2D eigenvalue weighted by Gasteiger charge is -2.08. The van der Waals surface area contributed by atoms with Crippen LogP contribution in [0.25, 0.3) is 49.4 Å². The Morgan fingerprint density at radius 1 is 0.758 bits per heavy atom. The zero-order chi connectivity index (χ0) is 22.4. The van der Waals surface area contributed by atoms with Crippen molar-refractivity contribution >= 4 is 60.8 Å². The van der Waals surface area contributed by atoms with Gasteiger partial charge in [-0.05, 0) is 62.4 Å². The summed E-state index contributed by atoms with van der Waals surface area (Å²) in [5.74, 6) is 0. The zero-order valence-corrected chi connectivity index (χ0v) is 18.7. The van der Waals surface area contributed by atoms with Crippen molar-refractivity contribution in [3.8, 4) is 0 Å². The van der Waals surface area contributed by atoms with E-state index in [9.17, 15) is 0 Å². The van der Waals surface area contributed by atoms with Crippen molar-refractivity contribution in [1.29, 1.82) is 0 Å². The van der Waals surface area contributed by atoms with E-state index >= 15 is 0 Å². The molecular weight excluding hydrogens is 404 g/mol. The van der Waals surface area contributed by atoms with Gasteiger partial charge in [0.1, 0.15) is 11.2 Å². The third kappa shape index (κ3) is 3.05. The fourth-order valence-corrected chi connectivity index (χ4v) is 4.80. The van der Waals surface area contributed by atoms with Crippen molar-refractivity contribution in [1.82, 2.24) is 4.57 Å². The number of anilines is 2. The molecule has 0 spiro atoms. The molecular formula is C30H24N2O. The summed E-state index contributed by atoms with van der Waals surface area (Å²) in [6.45, 7) is 4.13. The molecule has 3 nitrogen and oxygen atoms in total. The monoisotopic (exact) mass is 428 g/mol. The second-order valence-corrected chi connectivity index (χ2v) is 8.21. The number of benzene rings is 4. The molecule has 160 valence electrons. The van der Waals surface area contributed by atoms with E-state index < -0.39 is 0 Å². The molecule has 3 heteroatoms. The van der Waals surface area contributed by atoms with E-state index in [0.717, 1.165) is 49.9 Å². The Morgan fingerprint density at radius 2 is 1.55 bits per heavy atom. The Kier molecular flexibility index (Phi) is 4.55. The standard InChI is InChI=1S/C30H24N2O/c1-3-10-22(4-2)32-26-14-9-8-13-25(26)29-27(32)18-17-24-23-16-15-21(19-28(23)33-30(24)29)31-20-11-6-5-7-12-20/h3-19,31H,1-2H3/b10-3-,22-4+. The first-order valence-electron chi connectivity index (χ1n) is 11.3. The maximum absolute atomic E-state index is 6.55. The molecule has 33 heavy (non-hydrogen) atoms. The van der Waals surface area contributed by atoms with E-state index in [1.165, 1.54) is 10.9 Å². The Bertz CT molecular complexity index is 1700. The normalized spacial score (nSPS) is 12.6. The minimum atomic E-state index is 0.884. The summed E-state index contributed by atoms with van der Waals surface area (Å²) < 4.78 is 8.87. The second kappa shape index (κ2) is 7.72.